The fourth-order valence-electron chi connectivity index (χ4n) is 1.40. The van der Waals surface area contributed by atoms with E-state index >= 15 is 0 Å². The molecule has 0 aliphatic rings. The lowest BCUT2D eigenvalue weighted by Gasteiger charge is -2.09. The molecule has 4 nitrogen and oxygen atoms in total. The van der Waals surface area contributed by atoms with E-state index in [0.717, 1.165) is 18.7 Å². The van der Waals surface area contributed by atoms with Crippen LogP contribution in [-0.4, -0.2) is 31.3 Å². The number of hydrogen-bond acceptors (Lipinski definition) is 4. The summed E-state index contributed by atoms with van der Waals surface area (Å²) in [5.41, 5.74) is 0.819. The molecule has 0 atom stereocenters. The molecule has 0 amide bonds. The molecule has 0 aliphatic carbocycles. The van der Waals surface area contributed by atoms with Gasteiger partial charge in [0, 0.05) is 19.2 Å². The Morgan fingerprint density at radius 3 is 2.83 bits per heavy atom. The quantitative estimate of drug-likeness (QED) is 0.702. The smallest absolute Gasteiger partial charge is 0.213 e. The molecule has 0 radical (unpaired) electrons. The molecule has 1 aromatic heterocycles. The lowest BCUT2D eigenvalue weighted by molar-refractivity contribution is 0.108. The molecule has 1 aromatic rings. The third kappa shape index (κ3) is 5.67. The van der Waals surface area contributed by atoms with Crippen molar-refractivity contribution in [1.82, 2.24) is 10.3 Å². The van der Waals surface area contributed by atoms with E-state index in [2.05, 4.69) is 17.2 Å². The van der Waals surface area contributed by atoms with Gasteiger partial charge in [-0.15, -0.1) is 0 Å². The molecule has 0 aromatic carbocycles. The highest BCUT2D eigenvalue weighted by molar-refractivity contribution is 6.31. The minimum atomic E-state index is 0.504. The first-order chi connectivity index (χ1) is 8.77. The van der Waals surface area contributed by atoms with Gasteiger partial charge < -0.3 is 14.8 Å². The van der Waals surface area contributed by atoms with Crippen molar-refractivity contribution in [2.45, 2.75) is 26.8 Å². The standard InChI is InChI=1S/C13H21ClN2O2/c1-3-7-15-10-12-11(14)5-6-13(16-12)18-9-8-17-4-2/h5-6,15H,3-4,7-10H2,1-2H3. The van der Waals surface area contributed by atoms with Crippen LogP contribution in [0.25, 0.3) is 0 Å². The van der Waals surface area contributed by atoms with Crippen LogP contribution in [0.1, 0.15) is 26.0 Å². The third-order valence-electron chi connectivity index (χ3n) is 2.29. The van der Waals surface area contributed by atoms with Crippen molar-refractivity contribution in [3.05, 3.63) is 22.8 Å². The fourth-order valence-corrected chi connectivity index (χ4v) is 1.57. The zero-order valence-electron chi connectivity index (χ0n) is 11.0. The maximum absolute atomic E-state index is 6.08. The lowest BCUT2D eigenvalue weighted by Crippen LogP contribution is -2.15. The van der Waals surface area contributed by atoms with Crippen LogP contribution < -0.4 is 10.1 Å². The van der Waals surface area contributed by atoms with Crippen LogP contribution in [0.3, 0.4) is 0 Å². The van der Waals surface area contributed by atoms with Gasteiger partial charge in [-0.2, -0.15) is 0 Å². The normalized spacial score (nSPS) is 10.6. The maximum Gasteiger partial charge on any atom is 0.213 e. The Bertz CT molecular complexity index is 348. The first-order valence-corrected chi connectivity index (χ1v) is 6.72. The number of halogens is 1. The summed E-state index contributed by atoms with van der Waals surface area (Å²) in [5, 5.41) is 3.93. The van der Waals surface area contributed by atoms with E-state index in [4.69, 9.17) is 21.1 Å². The van der Waals surface area contributed by atoms with E-state index in [0.29, 0.717) is 37.3 Å². The van der Waals surface area contributed by atoms with Gasteiger partial charge in [-0.05, 0) is 26.0 Å². The number of rotatable bonds is 9. The maximum atomic E-state index is 6.08. The molecular weight excluding hydrogens is 252 g/mol. The van der Waals surface area contributed by atoms with Crippen LogP contribution >= 0.6 is 11.6 Å². The predicted molar refractivity (Wildman–Crippen MR) is 73.2 cm³/mol. The molecule has 0 spiro atoms. The van der Waals surface area contributed by atoms with Crippen molar-refractivity contribution in [2.24, 2.45) is 0 Å². The van der Waals surface area contributed by atoms with Crippen LogP contribution in [0, 0.1) is 0 Å². The Kier molecular flexibility index (Phi) is 7.73. The first kappa shape index (κ1) is 15.2. The van der Waals surface area contributed by atoms with Crippen LogP contribution in [0.15, 0.2) is 12.1 Å². The highest BCUT2D eigenvalue weighted by atomic mass is 35.5. The minimum absolute atomic E-state index is 0.504. The van der Waals surface area contributed by atoms with Gasteiger partial charge in [-0.3, -0.25) is 0 Å². The van der Waals surface area contributed by atoms with Gasteiger partial charge >= 0.3 is 0 Å². The molecule has 0 fully saturated rings. The van der Waals surface area contributed by atoms with E-state index in [1.54, 1.807) is 6.07 Å². The van der Waals surface area contributed by atoms with E-state index in [9.17, 15) is 0 Å². The zero-order valence-corrected chi connectivity index (χ0v) is 11.8. The molecule has 0 saturated heterocycles. The van der Waals surface area contributed by atoms with Crippen molar-refractivity contribution in [3.8, 4) is 5.88 Å². The summed E-state index contributed by atoms with van der Waals surface area (Å²) >= 11 is 6.08. The molecule has 5 heteroatoms. The van der Waals surface area contributed by atoms with Gasteiger partial charge in [0.25, 0.3) is 0 Å². The molecule has 0 bridgehead atoms. The minimum Gasteiger partial charge on any atom is -0.475 e. The zero-order chi connectivity index (χ0) is 13.2. The predicted octanol–water partition coefficient (Wildman–Crippen LogP) is 2.65. The number of nitrogens with one attached hydrogen (secondary N) is 1. The van der Waals surface area contributed by atoms with E-state index in [1.807, 2.05) is 13.0 Å². The Labute approximate surface area is 114 Å². The number of hydrogen-bond donors (Lipinski definition) is 1. The van der Waals surface area contributed by atoms with E-state index < -0.39 is 0 Å². The monoisotopic (exact) mass is 272 g/mol. The molecule has 18 heavy (non-hydrogen) atoms. The largest absolute Gasteiger partial charge is 0.475 e. The highest BCUT2D eigenvalue weighted by Gasteiger charge is 2.04. The summed E-state index contributed by atoms with van der Waals surface area (Å²) in [6, 6.07) is 3.59. The Morgan fingerprint density at radius 2 is 2.11 bits per heavy atom. The SMILES string of the molecule is CCCNCc1nc(OCCOCC)ccc1Cl. The molecule has 0 saturated carbocycles. The van der Waals surface area contributed by atoms with Crippen molar-refractivity contribution < 1.29 is 9.47 Å². The summed E-state index contributed by atoms with van der Waals surface area (Å²) in [4.78, 5) is 4.37. The van der Waals surface area contributed by atoms with Gasteiger partial charge in [0.15, 0.2) is 0 Å². The molecule has 1 rings (SSSR count). The van der Waals surface area contributed by atoms with Gasteiger partial charge in [0.1, 0.15) is 6.61 Å². The van der Waals surface area contributed by atoms with Crippen molar-refractivity contribution >= 4 is 11.6 Å². The van der Waals surface area contributed by atoms with Gasteiger partial charge in [-0.1, -0.05) is 18.5 Å². The molecule has 1 N–H and O–H groups in total. The van der Waals surface area contributed by atoms with Crippen molar-refractivity contribution in [2.75, 3.05) is 26.4 Å². The van der Waals surface area contributed by atoms with Gasteiger partial charge in [0.2, 0.25) is 5.88 Å². The molecule has 0 aliphatic heterocycles. The molecule has 0 unspecified atom stereocenters. The third-order valence-corrected chi connectivity index (χ3v) is 2.64. The average molecular weight is 273 g/mol. The second-order valence-electron chi connectivity index (χ2n) is 3.80. The summed E-state index contributed by atoms with van der Waals surface area (Å²) in [7, 11) is 0. The molecule has 1 heterocycles. The summed E-state index contributed by atoms with van der Waals surface area (Å²) in [6.07, 6.45) is 1.09. The lowest BCUT2D eigenvalue weighted by atomic mass is 10.3. The van der Waals surface area contributed by atoms with Crippen LogP contribution in [-0.2, 0) is 11.3 Å². The summed E-state index contributed by atoms with van der Waals surface area (Å²) in [5.74, 6) is 0.590. The first-order valence-electron chi connectivity index (χ1n) is 6.34. The number of aromatic nitrogens is 1. The van der Waals surface area contributed by atoms with E-state index in [1.165, 1.54) is 0 Å². The second-order valence-corrected chi connectivity index (χ2v) is 4.21. The number of ether oxygens (including phenoxy) is 2. The number of nitrogens with zero attached hydrogens (tertiary/aromatic N) is 1. The van der Waals surface area contributed by atoms with Crippen LogP contribution in [0.5, 0.6) is 5.88 Å². The van der Waals surface area contributed by atoms with Crippen LogP contribution in [0.2, 0.25) is 5.02 Å². The average Bonchev–Trinajstić information content (AvgIpc) is 2.38. The molecule has 102 valence electrons. The highest BCUT2D eigenvalue weighted by Crippen LogP contribution is 2.17. The van der Waals surface area contributed by atoms with Crippen LogP contribution in [0.4, 0.5) is 0 Å². The number of pyridine rings is 1. The fraction of sp³-hybridized carbons (Fsp3) is 0.615. The van der Waals surface area contributed by atoms with E-state index in [-0.39, 0.29) is 0 Å². The molecular formula is C13H21ClN2O2. The second kappa shape index (κ2) is 9.14. The summed E-state index contributed by atoms with van der Waals surface area (Å²) in [6.45, 7) is 7.47. The van der Waals surface area contributed by atoms with Gasteiger partial charge in [-0.25, -0.2) is 4.98 Å². The Morgan fingerprint density at radius 1 is 1.28 bits per heavy atom. The summed E-state index contributed by atoms with van der Waals surface area (Å²) < 4.78 is 10.7. The topological polar surface area (TPSA) is 43.4 Å². The Hall–Kier alpha value is -0.840. The van der Waals surface area contributed by atoms with Crippen molar-refractivity contribution in [1.29, 1.82) is 0 Å². The van der Waals surface area contributed by atoms with Gasteiger partial charge in [0.05, 0.1) is 17.3 Å². The Balaban J connectivity index is 2.46. The van der Waals surface area contributed by atoms with Crippen molar-refractivity contribution in [3.63, 3.8) is 0 Å².